The molecule has 4 rings (SSSR count). The standard InChI is InChI=1S/C21H20ClN3O3S/c22-17-6-4-15(5-7-17)13-28-18-3-1-2-16(12-18)21-23-19(14-29-21)20(26)24-25-8-10-27-11-9-25/h1-7,12,14H,8-11,13H2,(H,24,26). The first kappa shape index (κ1) is 19.8. The lowest BCUT2D eigenvalue weighted by molar-refractivity contribution is 0.0125. The summed E-state index contributed by atoms with van der Waals surface area (Å²) in [6, 6.07) is 15.3. The second-order valence-electron chi connectivity index (χ2n) is 6.52. The van der Waals surface area contributed by atoms with Crippen LogP contribution in [-0.2, 0) is 11.3 Å². The molecule has 0 radical (unpaired) electrons. The third-order valence-corrected chi connectivity index (χ3v) is 5.55. The molecule has 1 fully saturated rings. The predicted molar refractivity (Wildman–Crippen MR) is 113 cm³/mol. The molecule has 1 aliphatic heterocycles. The maximum absolute atomic E-state index is 12.4. The number of rotatable bonds is 6. The van der Waals surface area contributed by atoms with Crippen LogP contribution in [0.2, 0.25) is 5.02 Å². The Morgan fingerprint density at radius 1 is 1.21 bits per heavy atom. The van der Waals surface area contributed by atoms with E-state index in [0.29, 0.717) is 43.6 Å². The molecule has 8 heteroatoms. The van der Waals surface area contributed by atoms with Gasteiger partial charge in [-0.05, 0) is 29.8 Å². The highest BCUT2D eigenvalue weighted by Crippen LogP contribution is 2.27. The summed E-state index contributed by atoms with van der Waals surface area (Å²) in [5.41, 5.74) is 5.23. The number of amides is 1. The molecule has 150 valence electrons. The number of nitrogens with one attached hydrogen (secondary N) is 1. The molecule has 0 atom stereocenters. The summed E-state index contributed by atoms with van der Waals surface area (Å²) in [5.74, 6) is 0.538. The molecular weight excluding hydrogens is 410 g/mol. The summed E-state index contributed by atoms with van der Waals surface area (Å²) >= 11 is 7.35. The van der Waals surface area contributed by atoms with E-state index in [1.807, 2.05) is 53.5 Å². The largest absolute Gasteiger partial charge is 0.489 e. The van der Waals surface area contributed by atoms with Gasteiger partial charge in [-0.2, -0.15) is 0 Å². The average molecular weight is 430 g/mol. The SMILES string of the molecule is O=C(NN1CCOCC1)c1csc(-c2cccc(OCc3ccc(Cl)cc3)c2)n1. The molecule has 2 aromatic carbocycles. The summed E-state index contributed by atoms with van der Waals surface area (Å²) in [7, 11) is 0. The summed E-state index contributed by atoms with van der Waals surface area (Å²) < 4.78 is 11.2. The van der Waals surface area contributed by atoms with Crippen LogP contribution in [0.5, 0.6) is 5.75 Å². The van der Waals surface area contributed by atoms with E-state index in [1.165, 1.54) is 11.3 Å². The Hall–Kier alpha value is -2.45. The van der Waals surface area contributed by atoms with Crippen LogP contribution in [0.4, 0.5) is 0 Å². The lowest BCUT2D eigenvalue weighted by atomic mass is 10.2. The van der Waals surface area contributed by atoms with Gasteiger partial charge >= 0.3 is 0 Å². The maximum Gasteiger partial charge on any atom is 0.285 e. The van der Waals surface area contributed by atoms with Crippen LogP contribution >= 0.6 is 22.9 Å². The molecule has 0 aliphatic carbocycles. The normalized spacial score (nSPS) is 14.5. The third-order valence-electron chi connectivity index (χ3n) is 4.41. The fraction of sp³-hybridized carbons (Fsp3) is 0.238. The zero-order valence-corrected chi connectivity index (χ0v) is 17.2. The van der Waals surface area contributed by atoms with Gasteiger partial charge in [0.25, 0.3) is 5.91 Å². The van der Waals surface area contributed by atoms with E-state index in [2.05, 4.69) is 10.4 Å². The van der Waals surface area contributed by atoms with Crippen molar-refractivity contribution in [3.05, 3.63) is 70.2 Å². The van der Waals surface area contributed by atoms with Crippen molar-refractivity contribution in [2.45, 2.75) is 6.61 Å². The van der Waals surface area contributed by atoms with Crippen molar-refractivity contribution in [1.82, 2.24) is 15.4 Å². The molecule has 3 aromatic rings. The number of hydrogen-bond donors (Lipinski definition) is 1. The number of ether oxygens (including phenoxy) is 2. The minimum absolute atomic E-state index is 0.204. The zero-order chi connectivity index (χ0) is 20.1. The average Bonchev–Trinajstić information content (AvgIpc) is 3.25. The lowest BCUT2D eigenvalue weighted by Gasteiger charge is -2.26. The first-order valence-electron chi connectivity index (χ1n) is 9.24. The minimum atomic E-state index is -0.204. The van der Waals surface area contributed by atoms with Crippen LogP contribution in [0.1, 0.15) is 16.1 Å². The van der Waals surface area contributed by atoms with E-state index in [4.69, 9.17) is 21.1 Å². The molecule has 0 saturated carbocycles. The number of nitrogens with zero attached hydrogens (tertiary/aromatic N) is 2. The van der Waals surface area contributed by atoms with Crippen LogP contribution in [0, 0.1) is 0 Å². The van der Waals surface area contributed by atoms with Crippen LogP contribution in [0.25, 0.3) is 10.6 Å². The molecule has 1 aromatic heterocycles. The highest BCUT2D eigenvalue weighted by atomic mass is 35.5. The van der Waals surface area contributed by atoms with E-state index >= 15 is 0 Å². The highest BCUT2D eigenvalue weighted by Gasteiger charge is 2.17. The number of hydrogen-bond acceptors (Lipinski definition) is 6. The lowest BCUT2D eigenvalue weighted by Crippen LogP contribution is -2.48. The van der Waals surface area contributed by atoms with Gasteiger partial charge in [-0.25, -0.2) is 9.99 Å². The van der Waals surface area contributed by atoms with E-state index in [-0.39, 0.29) is 5.91 Å². The molecule has 2 heterocycles. The molecule has 6 nitrogen and oxygen atoms in total. The van der Waals surface area contributed by atoms with Gasteiger partial charge in [0.15, 0.2) is 0 Å². The van der Waals surface area contributed by atoms with Crippen molar-refractivity contribution in [3.63, 3.8) is 0 Å². The Kier molecular flexibility index (Phi) is 6.41. The molecule has 1 N–H and O–H groups in total. The summed E-state index contributed by atoms with van der Waals surface area (Å²) in [6.45, 7) is 3.04. The molecule has 1 amide bonds. The number of halogens is 1. The molecule has 0 spiro atoms. The fourth-order valence-corrected chi connectivity index (χ4v) is 3.78. The Balaban J connectivity index is 1.40. The number of hydrazine groups is 1. The van der Waals surface area contributed by atoms with Crippen molar-refractivity contribution in [2.24, 2.45) is 0 Å². The van der Waals surface area contributed by atoms with E-state index < -0.39 is 0 Å². The molecule has 0 bridgehead atoms. The fourth-order valence-electron chi connectivity index (χ4n) is 2.85. The minimum Gasteiger partial charge on any atom is -0.489 e. The predicted octanol–water partition coefficient (Wildman–Crippen LogP) is 4.02. The molecular formula is C21H20ClN3O3S. The van der Waals surface area contributed by atoms with Gasteiger partial charge in [-0.1, -0.05) is 35.9 Å². The Labute approximate surface area is 178 Å². The van der Waals surface area contributed by atoms with Crippen molar-refractivity contribution < 1.29 is 14.3 Å². The van der Waals surface area contributed by atoms with Crippen LogP contribution in [-0.4, -0.2) is 42.2 Å². The van der Waals surface area contributed by atoms with E-state index in [9.17, 15) is 4.79 Å². The molecule has 29 heavy (non-hydrogen) atoms. The van der Waals surface area contributed by atoms with Gasteiger partial charge < -0.3 is 9.47 Å². The summed E-state index contributed by atoms with van der Waals surface area (Å²) in [6.07, 6.45) is 0. The third kappa shape index (κ3) is 5.33. The first-order chi connectivity index (χ1) is 14.2. The molecule has 0 unspecified atom stereocenters. The van der Waals surface area contributed by atoms with Gasteiger partial charge in [0.05, 0.1) is 13.2 Å². The first-order valence-corrected chi connectivity index (χ1v) is 10.5. The Bertz CT molecular complexity index is 971. The van der Waals surface area contributed by atoms with E-state index in [1.54, 1.807) is 5.38 Å². The van der Waals surface area contributed by atoms with Gasteiger partial charge in [-0.15, -0.1) is 11.3 Å². The second-order valence-corrected chi connectivity index (χ2v) is 7.82. The Morgan fingerprint density at radius 2 is 2.00 bits per heavy atom. The molecule has 1 saturated heterocycles. The second kappa shape index (κ2) is 9.37. The van der Waals surface area contributed by atoms with Gasteiger partial charge in [-0.3, -0.25) is 10.2 Å². The number of aromatic nitrogens is 1. The zero-order valence-electron chi connectivity index (χ0n) is 15.6. The van der Waals surface area contributed by atoms with Crippen LogP contribution < -0.4 is 10.2 Å². The van der Waals surface area contributed by atoms with Crippen molar-refractivity contribution in [3.8, 4) is 16.3 Å². The van der Waals surface area contributed by atoms with Gasteiger partial charge in [0.2, 0.25) is 0 Å². The summed E-state index contributed by atoms with van der Waals surface area (Å²) in [4.78, 5) is 16.9. The smallest absolute Gasteiger partial charge is 0.285 e. The van der Waals surface area contributed by atoms with E-state index in [0.717, 1.165) is 21.9 Å². The highest BCUT2D eigenvalue weighted by molar-refractivity contribution is 7.13. The number of morpholine rings is 1. The number of thiazole rings is 1. The maximum atomic E-state index is 12.4. The van der Waals surface area contributed by atoms with Gasteiger partial charge in [0.1, 0.15) is 23.1 Å². The van der Waals surface area contributed by atoms with Crippen LogP contribution in [0.15, 0.2) is 53.9 Å². The number of benzene rings is 2. The number of carbonyl (C=O) groups is 1. The Morgan fingerprint density at radius 3 is 2.79 bits per heavy atom. The van der Waals surface area contributed by atoms with Crippen molar-refractivity contribution >= 4 is 28.8 Å². The molecule has 1 aliphatic rings. The monoisotopic (exact) mass is 429 g/mol. The van der Waals surface area contributed by atoms with Crippen molar-refractivity contribution in [2.75, 3.05) is 26.3 Å². The van der Waals surface area contributed by atoms with Crippen molar-refractivity contribution in [1.29, 1.82) is 0 Å². The topological polar surface area (TPSA) is 63.7 Å². The van der Waals surface area contributed by atoms with Gasteiger partial charge in [0, 0.05) is 29.1 Å². The van der Waals surface area contributed by atoms with Crippen LogP contribution in [0.3, 0.4) is 0 Å². The quantitative estimate of drug-likeness (QED) is 0.641. The number of carbonyl (C=O) groups excluding carboxylic acids is 1. The summed E-state index contributed by atoms with van der Waals surface area (Å²) in [5, 5.41) is 5.10.